The van der Waals surface area contributed by atoms with E-state index >= 15 is 0 Å². The molecule has 1 unspecified atom stereocenters. The largest absolute Gasteiger partial charge is 0.445 e. The van der Waals surface area contributed by atoms with Crippen LogP contribution in [0.3, 0.4) is 0 Å². The van der Waals surface area contributed by atoms with E-state index < -0.39 is 0 Å². The Morgan fingerprint density at radius 3 is 2.12 bits per heavy atom. The smallest absolute Gasteiger partial charge is 0.307 e. The molecule has 1 atom stereocenters. The molecule has 145 valence electrons. The number of rotatable bonds is 16. The number of hydrogen-bond donors (Lipinski definition) is 0. The van der Waals surface area contributed by atoms with Crippen LogP contribution >= 0.6 is 0 Å². The molecule has 0 saturated carbocycles. The fourth-order valence-electron chi connectivity index (χ4n) is 3.24. The van der Waals surface area contributed by atoms with Gasteiger partial charge in [-0.25, -0.2) is 5.32 Å². The number of esters is 1. The van der Waals surface area contributed by atoms with Gasteiger partial charge in [0, 0.05) is 19.4 Å². The molecule has 0 bridgehead atoms. The maximum atomic E-state index is 11.6. The number of hydrogen-bond acceptors (Lipinski definition) is 2. The van der Waals surface area contributed by atoms with Crippen molar-refractivity contribution in [2.24, 2.45) is 0 Å². The fraction of sp³-hybridized carbons (Fsp3) is 0.864. The minimum atomic E-state index is -0.143. The lowest BCUT2D eigenvalue weighted by Gasteiger charge is -2.10. The normalized spacial score (nSPS) is 17.4. The highest BCUT2D eigenvalue weighted by Gasteiger charge is 2.19. The molecule has 1 saturated heterocycles. The second-order valence-electron chi connectivity index (χ2n) is 7.33. The van der Waals surface area contributed by atoms with Crippen molar-refractivity contribution >= 4 is 5.97 Å². The molecule has 3 nitrogen and oxygen atoms in total. The van der Waals surface area contributed by atoms with Gasteiger partial charge in [-0.1, -0.05) is 70.4 Å². The summed E-state index contributed by atoms with van der Waals surface area (Å²) < 4.78 is 5.32. The minimum Gasteiger partial charge on any atom is -0.445 e. The van der Waals surface area contributed by atoms with Gasteiger partial charge in [-0.2, -0.15) is 0 Å². The third kappa shape index (κ3) is 14.1. The first-order chi connectivity index (χ1) is 12.3. The van der Waals surface area contributed by atoms with Crippen LogP contribution in [0.1, 0.15) is 110 Å². The van der Waals surface area contributed by atoms with E-state index in [-0.39, 0.29) is 12.2 Å². The number of allylic oxidation sites excluding steroid dienone is 2. The first kappa shape index (κ1) is 22.2. The molecule has 0 aromatic heterocycles. The van der Waals surface area contributed by atoms with E-state index in [1.165, 1.54) is 70.6 Å². The maximum Gasteiger partial charge on any atom is 0.307 e. The van der Waals surface area contributed by atoms with Gasteiger partial charge in [0.15, 0.2) is 6.23 Å². The molecule has 1 rings (SSSR count). The Morgan fingerprint density at radius 2 is 1.52 bits per heavy atom. The standard InChI is InChI=1S/C22H40NO2/c1-2-3-4-5-6-7-8-9-10-11-12-13-14-15-16-19-22(24)25-21-18-17-20-23-21/h9-10,21H,2-8,11-20H2,1H3/b10-9-. The number of unbranched alkanes of at least 4 members (excludes halogenated alkanes) is 11. The summed E-state index contributed by atoms with van der Waals surface area (Å²) in [5.41, 5.74) is 0. The SMILES string of the molecule is CCCCCCCC/C=C\CCCCCCCC(=O)OC1CCC[N]1. The van der Waals surface area contributed by atoms with Gasteiger partial charge in [-0.3, -0.25) is 4.79 Å². The molecule has 0 amide bonds. The topological polar surface area (TPSA) is 40.4 Å². The van der Waals surface area contributed by atoms with Crippen molar-refractivity contribution in [2.45, 2.75) is 116 Å². The van der Waals surface area contributed by atoms with Crippen LogP contribution in [0.15, 0.2) is 12.2 Å². The highest BCUT2D eigenvalue weighted by Crippen LogP contribution is 2.12. The van der Waals surface area contributed by atoms with Crippen molar-refractivity contribution in [1.29, 1.82) is 0 Å². The summed E-state index contributed by atoms with van der Waals surface area (Å²) >= 11 is 0. The van der Waals surface area contributed by atoms with Crippen LogP contribution in [0.25, 0.3) is 0 Å². The van der Waals surface area contributed by atoms with Crippen LogP contribution in [0.2, 0.25) is 0 Å². The summed E-state index contributed by atoms with van der Waals surface area (Å²) in [6.07, 6.45) is 23.7. The zero-order valence-corrected chi connectivity index (χ0v) is 16.5. The lowest BCUT2D eigenvalue weighted by atomic mass is 10.1. The summed E-state index contributed by atoms with van der Waals surface area (Å²) in [5.74, 6) is -0.0618. The summed E-state index contributed by atoms with van der Waals surface area (Å²) in [6, 6.07) is 0. The molecule has 3 heteroatoms. The lowest BCUT2D eigenvalue weighted by Crippen LogP contribution is -2.22. The zero-order chi connectivity index (χ0) is 18.0. The van der Waals surface area contributed by atoms with Crippen molar-refractivity contribution in [1.82, 2.24) is 5.32 Å². The summed E-state index contributed by atoms with van der Waals surface area (Å²) in [4.78, 5) is 11.6. The van der Waals surface area contributed by atoms with Gasteiger partial charge < -0.3 is 4.74 Å². The minimum absolute atomic E-state index is 0.0618. The van der Waals surface area contributed by atoms with E-state index in [0.717, 1.165) is 32.2 Å². The van der Waals surface area contributed by atoms with Gasteiger partial charge in [-0.15, -0.1) is 0 Å². The zero-order valence-electron chi connectivity index (χ0n) is 16.5. The molecule has 1 aliphatic rings. The molecule has 1 radical (unpaired) electrons. The number of ether oxygens (including phenoxy) is 1. The number of nitrogens with zero attached hydrogens (tertiary/aromatic N) is 1. The van der Waals surface area contributed by atoms with Crippen molar-refractivity contribution < 1.29 is 9.53 Å². The predicted molar refractivity (Wildman–Crippen MR) is 106 cm³/mol. The average molecular weight is 351 g/mol. The summed E-state index contributed by atoms with van der Waals surface area (Å²) in [5, 5.41) is 4.25. The maximum absolute atomic E-state index is 11.6. The van der Waals surface area contributed by atoms with Crippen LogP contribution in [-0.4, -0.2) is 18.7 Å². The highest BCUT2D eigenvalue weighted by molar-refractivity contribution is 5.69. The molecular formula is C22H40NO2. The Hall–Kier alpha value is -0.830. The van der Waals surface area contributed by atoms with Crippen molar-refractivity contribution in [3.63, 3.8) is 0 Å². The molecule has 0 spiro atoms. The molecule has 0 N–H and O–H groups in total. The van der Waals surface area contributed by atoms with E-state index in [1.54, 1.807) is 0 Å². The Kier molecular flexibility index (Phi) is 14.8. The van der Waals surface area contributed by atoms with Crippen LogP contribution < -0.4 is 5.32 Å². The van der Waals surface area contributed by atoms with Crippen molar-refractivity contribution in [2.75, 3.05) is 6.54 Å². The van der Waals surface area contributed by atoms with E-state index in [0.29, 0.717) is 6.42 Å². The first-order valence-corrected chi connectivity index (χ1v) is 10.8. The van der Waals surface area contributed by atoms with E-state index in [4.69, 9.17) is 4.74 Å². The molecule has 25 heavy (non-hydrogen) atoms. The van der Waals surface area contributed by atoms with Crippen LogP contribution in [0, 0.1) is 0 Å². The van der Waals surface area contributed by atoms with E-state index in [9.17, 15) is 4.79 Å². The molecule has 0 aliphatic carbocycles. The average Bonchev–Trinajstić information content (AvgIpc) is 3.11. The molecular weight excluding hydrogens is 310 g/mol. The number of carbonyl (C=O) groups is 1. The van der Waals surface area contributed by atoms with Gasteiger partial charge >= 0.3 is 5.97 Å². The van der Waals surface area contributed by atoms with Gasteiger partial charge in [0.1, 0.15) is 0 Å². The quantitative estimate of drug-likeness (QED) is 0.186. The second kappa shape index (κ2) is 16.6. The summed E-state index contributed by atoms with van der Waals surface area (Å²) in [7, 11) is 0. The highest BCUT2D eigenvalue weighted by atomic mass is 16.6. The molecule has 1 fully saturated rings. The molecule has 1 aliphatic heterocycles. The van der Waals surface area contributed by atoms with Gasteiger partial charge in [0.25, 0.3) is 0 Å². The van der Waals surface area contributed by atoms with Gasteiger partial charge in [0.2, 0.25) is 0 Å². The van der Waals surface area contributed by atoms with Crippen LogP contribution in [0.4, 0.5) is 0 Å². The Balaban J connectivity index is 1.76. The van der Waals surface area contributed by atoms with Crippen molar-refractivity contribution in [3.8, 4) is 0 Å². The first-order valence-electron chi connectivity index (χ1n) is 10.8. The van der Waals surface area contributed by atoms with E-state index in [2.05, 4.69) is 24.4 Å². The van der Waals surface area contributed by atoms with Gasteiger partial charge in [0.05, 0.1) is 0 Å². The summed E-state index contributed by atoms with van der Waals surface area (Å²) in [6.45, 7) is 3.12. The Bertz CT molecular complexity index is 335. The Labute approximate surface area is 156 Å². The lowest BCUT2D eigenvalue weighted by molar-refractivity contribution is -0.150. The Morgan fingerprint density at radius 1 is 0.920 bits per heavy atom. The third-order valence-electron chi connectivity index (χ3n) is 4.85. The van der Waals surface area contributed by atoms with Gasteiger partial charge in [-0.05, 0) is 38.5 Å². The monoisotopic (exact) mass is 350 g/mol. The van der Waals surface area contributed by atoms with Crippen LogP contribution in [0.5, 0.6) is 0 Å². The predicted octanol–water partition coefficient (Wildman–Crippen LogP) is 6.29. The third-order valence-corrected chi connectivity index (χ3v) is 4.85. The van der Waals surface area contributed by atoms with Crippen LogP contribution in [-0.2, 0) is 9.53 Å². The van der Waals surface area contributed by atoms with Crippen molar-refractivity contribution in [3.05, 3.63) is 12.2 Å². The molecule has 0 aromatic carbocycles. The fourth-order valence-corrected chi connectivity index (χ4v) is 3.24. The van der Waals surface area contributed by atoms with E-state index in [1.807, 2.05) is 0 Å². The number of carbonyl (C=O) groups excluding carboxylic acids is 1. The molecule has 1 heterocycles. The second-order valence-corrected chi connectivity index (χ2v) is 7.33. The molecule has 0 aromatic rings.